The molecule has 8 nitrogen and oxygen atoms in total. The quantitative estimate of drug-likeness (QED) is 0.497. The predicted molar refractivity (Wildman–Crippen MR) is 101 cm³/mol. The average Bonchev–Trinajstić information content (AvgIpc) is 2.66. The van der Waals surface area contributed by atoms with Crippen molar-refractivity contribution >= 4 is 21.4 Å². The summed E-state index contributed by atoms with van der Waals surface area (Å²) in [5.74, 6) is 0. The molecule has 1 unspecified atom stereocenters. The number of nitrogens with one attached hydrogen (secondary N) is 1. The van der Waals surface area contributed by atoms with Gasteiger partial charge >= 0.3 is 0 Å². The molecule has 2 aromatic carbocycles. The van der Waals surface area contributed by atoms with Crippen LogP contribution in [0.15, 0.2) is 77.8 Å². The van der Waals surface area contributed by atoms with E-state index in [1.807, 2.05) is 36.4 Å². The number of nitrogens with two attached hydrogens (primary N) is 1. The van der Waals surface area contributed by atoms with Crippen molar-refractivity contribution < 1.29 is 13.3 Å². The van der Waals surface area contributed by atoms with Crippen molar-refractivity contribution in [3.8, 4) is 0 Å². The Labute approximate surface area is 155 Å². The van der Waals surface area contributed by atoms with Crippen molar-refractivity contribution in [1.82, 2.24) is 4.98 Å². The molecule has 0 bridgehead atoms. The van der Waals surface area contributed by atoms with Gasteiger partial charge in [-0.25, -0.2) is 13.6 Å². The molecule has 1 atom stereocenters. The van der Waals surface area contributed by atoms with Crippen LogP contribution in [0.1, 0.15) is 17.3 Å². The minimum absolute atomic E-state index is 0.159. The van der Waals surface area contributed by atoms with Gasteiger partial charge in [-0.05, 0) is 29.8 Å². The number of hydrogen-bond acceptors (Lipinski definition) is 6. The number of benzene rings is 2. The summed E-state index contributed by atoms with van der Waals surface area (Å²) in [5, 5.41) is 19.6. The zero-order chi connectivity index (χ0) is 19.4. The highest BCUT2D eigenvalue weighted by atomic mass is 32.2. The van der Waals surface area contributed by atoms with E-state index in [1.54, 1.807) is 18.3 Å². The summed E-state index contributed by atoms with van der Waals surface area (Å²) in [4.78, 5) is 14.8. The second-order valence-corrected chi connectivity index (χ2v) is 7.29. The highest BCUT2D eigenvalue weighted by Gasteiger charge is 2.23. The predicted octanol–water partition coefficient (Wildman–Crippen LogP) is 2.84. The van der Waals surface area contributed by atoms with Crippen LogP contribution in [0.25, 0.3) is 0 Å². The van der Waals surface area contributed by atoms with Crippen LogP contribution in [0, 0.1) is 10.1 Å². The largest absolute Gasteiger partial charge is 0.367 e. The maximum absolute atomic E-state index is 11.5. The van der Waals surface area contributed by atoms with Crippen LogP contribution in [-0.2, 0) is 10.0 Å². The van der Waals surface area contributed by atoms with Gasteiger partial charge in [0.05, 0.1) is 21.6 Å². The molecule has 9 heteroatoms. The fraction of sp³-hybridized carbons (Fsp3) is 0.0556. The van der Waals surface area contributed by atoms with E-state index in [-0.39, 0.29) is 10.6 Å². The van der Waals surface area contributed by atoms with Crippen LogP contribution in [-0.4, -0.2) is 18.3 Å². The number of primary sulfonamides is 1. The summed E-state index contributed by atoms with van der Waals surface area (Å²) in [6, 6.07) is 17.7. The van der Waals surface area contributed by atoms with Crippen molar-refractivity contribution in [1.29, 1.82) is 0 Å². The molecule has 138 valence electrons. The van der Waals surface area contributed by atoms with E-state index in [4.69, 9.17) is 5.14 Å². The second kappa shape index (κ2) is 7.52. The van der Waals surface area contributed by atoms with E-state index in [1.165, 1.54) is 12.1 Å². The molecular weight excluding hydrogens is 368 g/mol. The Morgan fingerprint density at radius 3 is 2.33 bits per heavy atom. The number of sulfonamides is 1. The zero-order valence-electron chi connectivity index (χ0n) is 14.0. The van der Waals surface area contributed by atoms with Gasteiger partial charge in [0, 0.05) is 12.3 Å². The van der Waals surface area contributed by atoms with E-state index in [0.29, 0.717) is 5.69 Å². The lowest BCUT2D eigenvalue weighted by molar-refractivity contribution is -0.384. The van der Waals surface area contributed by atoms with Gasteiger partial charge in [0.15, 0.2) is 0 Å². The van der Waals surface area contributed by atoms with Crippen molar-refractivity contribution in [3.63, 3.8) is 0 Å². The Morgan fingerprint density at radius 1 is 1.04 bits per heavy atom. The summed E-state index contributed by atoms with van der Waals surface area (Å²) in [7, 11) is -4.05. The first kappa shape index (κ1) is 18.5. The maximum atomic E-state index is 11.5. The van der Waals surface area contributed by atoms with Gasteiger partial charge < -0.3 is 5.32 Å². The van der Waals surface area contributed by atoms with Crippen LogP contribution in [0.3, 0.4) is 0 Å². The summed E-state index contributed by atoms with van der Waals surface area (Å²) in [6.45, 7) is 0. The fourth-order valence-corrected chi connectivity index (χ4v) is 3.17. The van der Waals surface area contributed by atoms with Crippen molar-refractivity contribution in [2.24, 2.45) is 5.14 Å². The van der Waals surface area contributed by atoms with Crippen LogP contribution >= 0.6 is 0 Å². The van der Waals surface area contributed by atoms with Gasteiger partial charge in [-0.3, -0.25) is 15.1 Å². The Bertz CT molecular complexity index is 1020. The summed E-state index contributed by atoms with van der Waals surface area (Å²) < 4.78 is 23.0. The summed E-state index contributed by atoms with van der Waals surface area (Å²) in [6.07, 6.45) is 1.63. The first-order valence-electron chi connectivity index (χ1n) is 7.90. The Morgan fingerprint density at radius 2 is 1.74 bits per heavy atom. The number of nitro benzene ring substituents is 1. The molecule has 0 amide bonds. The van der Waals surface area contributed by atoms with E-state index >= 15 is 0 Å². The lowest BCUT2D eigenvalue weighted by atomic mass is 10.0. The minimum atomic E-state index is -4.05. The number of nitrogens with zero attached hydrogens (tertiary/aromatic N) is 2. The third-order valence-electron chi connectivity index (χ3n) is 3.91. The van der Waals surface area contributed by atoms with Crippen molar-refractivity contribution in [3.05, 3.63) is 94.3 Å². The van der Waals surface area contributed by atoms with E-state index in [9.17, 15) is 18.5 Å². The molecule has 0 aliphatic carbocycles. The topological polar surface area (TPSA) is 128 Å². The van der Waals surface area contributed by atoms with Gasteiger partial charge in [0.1, 0.15) is 5.69 Å². The molecule has 27 heavy (non-hydrogen) atoms. The molecular formula is C18H16N4O4S. The third-order valence-corrected chi connectivity index (χ3v) is 4.82. The molecule has 0 spiro atoms. The number of hydrogen-bond donors (Lipinski definition) is 2. The van der Waals surface area contributed by atoms with Crippen LogP contribution in [0.2, 0.25) is 0 Å². The Kier molecular flexibility index (Phi) is 5.15. The summed E-state index contributed by atoms with van der Waals surface area (Å²) >= 11 is 0. The minimum Gasteiger partial charge on any atom is -0.367 e. The third kappa shape index (κ3) is 4.27. The normalized spacial score (nSPS) is 12.3. The average molecular weight is 384 g/mol. The smallest absolute Gasteiger partial charge is 0.293 e. The molecule has 0 radical (unpaired) electrons. The number of nitro groups is 1. The van der Waals surface area contributed by atoms with Crippen molar-refractivity contribution in [2.45, 2.75) is 10.9 Å². The van der Waals surface area contributed by atoms with Crippen molar-refractivity contribution in [2.75, 3.05) is 5.32 Å². The molecule has 0 aliphatic heterocycles. The first-order valence-corrected chi connectivity index (χ1v) is 9.44. The number of aromatic nitrogens is 1. The molecule has 3 rings (SSSR count). The van der Waals surface area contributed by atoms with Gasteiger partial charge in [-0.2, -0.15) is 0 Å². The van der Waals surface area contributed by atoms with Gasteiger partial charge in [-0.15, -0.1) is 0 Å². The molecule has 3 aromatic rings. The molecule has 0 saturated carbocycles. The van der Waals surface area contributed by atoms with Crippen LogP contribution < -0.4 is 10.5 Å². The monoisotopic (exact) mass is 384 g/mol. The molecule has 0 saturated heterocycles. The molecule has 0 aliphatic rings. The standard InChI is InChI=1S/C18H16N4O4S/c19-27(25,26)14-9-10-15(17(12-14)22(23)24)21-18(13-6-2-1-3-7-13)16-8-4-5-11-20-16/h1-12,18,21H,(H2,19,25,26). The van der Waals surface area contributed by atoms with Gasteiger partial charge in [-0.1, -0.05) is 36.4 Å². The highest BCUT2D eigenvalue weighted by Crippen LogP contribution is 2.32. The maximum Gasteiger partial charge on any atom is 0.293 e. The molecule has 3 N–H and O–H groups in total. The highest BCUT2D eigenvalue weighted by molar-refractivity contribution is 7.89. The van der Waals surface area contributed by atoms with Crippen LogP contribution in [0.5, 0.6) is 0 Å². The van der Waals surface area contributed by atoms with Gasteiger partial charge in [0.25, 0.3) is 5.69 Å². The molecule has 1 heterocycles. The fourth-order valence-electron chi connectivity index (χ4n) is 2.64. The lowest BCUT2D eigenvalue weighted by Crippen LogP contribution is -2.16. The SMILES string of the molecule is NS(=O)(=O)c1ccc(NC(c2ccccc2)c2ccccn2)c([N+](=O)[O-])c1. The Hall–Kier alpha value is -3.30. The van der Waals surface area contributed by atoms with E-state index < -0.39 is 26.7 Å². The van der Waals surface area contributed by atoms with Crippen LogP contribution in [0.4, 0.5) is 11.4 Å². The van der Waals surface area contributed by atoms with Gasteiger partial charge in [0.2, 0.25) is 10.0 Å². The number of rotatable bonds is 6. The molecule has 0 fully saturated rings. The number of anilines is 1. The first-order chi connectivity index (χ1) is 12.9. The second-order valence-electron chi connectivity index (χ2n) is 5.72. The Balaban J connectivity index is 2.08. The lowest BCUT2D eigenvalue weighted by Gasteiger charge is -2.20. The van der Waals surface area contributed by atoms with E-state index in [2.05, 4.69) is 10.3 Å². The molecule has 1 aromatic heterocycles. The summed E-state index contributed by atoms with van der Waals surface area (Å²) in [5.41, 5.74) is 1.28. The zero-order valence-corrected chi connectivity index (χ0v) is 14.8. The number of pyridine rings is 1. The van der Waals surface area contributed by atoms with E-state index in [0.717, 1.165) is 11.6 Å².